The van der Waals surface area contributed by atoms with Crippen molar-refractivity contribution in [3.63, 3.8) is 0 Å². The lowest BCUT2D eigenvalue weighted by molar-refractivity contribution is 0.478. The largest absolute Gasteiger partial charge is 0.456 e. The molecule has 0 aliphatic heterocycles. The monoisotopic (exact) mass is 638 g/mol. The van der Waals surface area contributed by atoms with Crippen molar-refractivity contribution in [2.45, 2.75) is 0 Å². The van der Waals surface area contributed by atoms with Crippen molar-refractivity contribution in [2.24, 2.45) is 0 Å². The third-order valence-electron chi connectivity index (χ3n) is 2.14. The molecule has 0 fully saturated rings. The number of benzene rings is 2. The minimum atomic E-state index is 0.724. The van der Waals surface area contributed by atoms with Crippen LogP contribution in [0.5, 0.6) is 11.5 Å². The van der Waals surface area contributed by atoms with Gasteiger partial charge in [0.1, 0.15) is 11.5 Å². The molecule has 0 spiro atoms. The topological polar surface area (TPSA) is 9.23 Å². The summed E-state index contributed by atoms with van der Waals surface area (Å²) in [5.74, 6) is 1.45. The van der Waals surface area contributed by atoms with Gasteiger partial charge in [-0.1, -0.05) is 15.9 Å². The number of rotatable bonds is 2. The first-order chi connectivity index (χ1) is 8.88. The predicted octanol–water partition coefficient (Wildman–Crippen LogP) is 8.05. The van der Waals surface area contributed by atoms with Crippen LogP contribution in [0.25, 0.3) is 0 Å². The van der Waals surface area contributed by atoms with Gasteiger partial charge in [-0.3, -0.25) is 0 Å². The predicted molar refractivity (Wildman–Crippen MR) is 99.2 cm³/mol. The van der Waals surface area contributed by atoms with Gasteiger partial charge in [-0.2, -0.15) is 0 Å². The second-order valence-electron chi connectivity index (χ2n) is 3.50. The van der Waals surface area contributed by atoms with Gasteiger partial charge in [0.2, 0.25) is 0 Å². The molecule has 7 heteroatoms. The molecule has 0 radical (unpaired) electrons. The Balaban J connectivity index is 2.42. The summed E-state index contributed by atoms with van der Waals surface area (Å²) in [6.45, 7) is 0. The van der Waals surface area contributed by atoms with Crippen LogP contribution in [-0.4, -0.2) is 0 Å². The average molecular weight is 644 g/mol. The molecule has 0 saturated heterocycles. The molecule has 0 saturated carbocycles. The molecule has 1 nitrogen and oxygen atoms in total. The van der Waals surface area contributed by atoms with E-state index in [4.69, 9.17) is 4.74 Å². The normalized spacial score (nSPS) is 10.6. The molecule has 2 aromatic rings. The van der Waals surface area contributed by atoms with Gasteiger partial charge in [0.15, 0.2) is 0 Å². The van der Waals surface area contributed by atoms with E-state index in [1.165, 1.54) is 0 Å². The van der Waals surface area contributed by atoms with Crippen molar-refractivity contribution in [1.82, 2.24) is 0 Å². The molecule has 2 rings (SSSR count). The van der Waals surface area contributed by atoms with E-state index < -0.39 is 0 Å². The van der Waals surface area contributed by atoms with Crippen molar-refractivity contribution in [1.29, 1.82) is 0 Å². The van der Waals surface area contributed by atoms with Gasteiger partial charge in [-0.15, -0.1) is 0 Å². The first-order valence-corrected chi connectivity index (χ1v) is 9.61. The molecule has 0 aromatic heterocycles. The van der Waals surface area contributed by atoms with E-state index in [0.29, 0.717) is 0 Å². The average Bonchev–Trinajstić information content (AvgIpc) is 2.32. The van der Waals surface area contributed by atoms with E-state index in [2.05, 4.69) is 95.6 Å². The first-order valence-electron chi connectivity index (χ1n) is 4.85. The Hall–Kier alpha value is 1.12. The van der Waals surface area contributed by atoms with Crippen LogP contribution in [0.4, 0.5) is 0 Å². The number of halogens is 6. The molecule has 0 atom stereocenters. The third kappa shape index (κ3) is 4.07. The highest BCUT2D eigenvalue weighted by Crippen LogP contribution is 2.41. The summed E-state index contributed by atoms with van der Waals surface area (Å²) in [4.78, 5) is 0. The van der Waals surface area contributed by atoms with Gasteiger partial charge in [-0.25, -0.2) is 0 Å². The highest BCUT2D eigenvalue weighted by atomic mass is 79.9. The van der Waals surface area contributed by atoms with Crippen molar-refractivity contribution >= 4 is 95.6 Å². The maximum atomic E-state index is 5.90. The Bertz CT molecular complexity index is 617. The van der Waals surface area contributed by atoms with E-state index in [1.807, 2.05) is 24.3 Å². The lowest BCUT2D eigenvalue weighted by Crippen LogP contribution is -1.88. The van der Waals surface area contributed by atoms with Crippen LogP contribution in [0.2, 0.25) is 0 Å². The van der Waals surface area contributed by atoms with Crippen molar-refractivity contribution in [3.05, 3.63) is 51.1 Å². The van der Waals surface area contributed by atoms with Crippen molar-refractivity contribution in [2.75, 3.05) is 0 Å². The fraction of sp³-hybridized carbons (Fsp3) is 0. The van der Waals surface area contributed by atoms with Crippen LogP contribution in [0, 0.1) is 0 Å². The smallest absolute Gasteiger partial charge is 0.143 e. The number of hydrogen-bond donors (Lipinski definition) is 0. The lowest BCUT2D eigenvalue weighted by atomic mass is 10.3. The molecular weight excluding hydrogens is 640 g/mol. The third-order valence-corrected chi connectivity index (χ3v) is 7.75. The van der Waals surface area contributed by atoms with Gasteiger partial charge >= 0.3 is 0 Å². The lowest BCUT2D eigenvalue weighted by Gasteiger charge is -2.11. The summed E-state index contributed by atoms with van der Waals surface area (Å²) in [6.07, 6.45) is 0. The molecule has 0 bridgehead atoms. The van der Waals surface area contributed by atoms with Crippen LogP contribution < -0.4 is 4.74 Å². The zero-order valence-electron chi connectivity index (χ0n) is 8.99. The molecule has 19 heavy (non-hydrogen) atoms. The molecular formula is C12H4Br6O. The summed E-state index contributed by atoms with van der Waals surface area (Å²) in [6, 6.07) is 7.65. The highest BCUT2D eigenvalue weighted by Gasteiger charge is 2.11. The van der Waals surface area contributed by atoms with Gasteiger partial charge in [0, 0.05) is 22.4 Å². The van der Waals surface area contributed by atoms with E-state index in [-0.39, 0.29) is 0 Å². The van der Waals surface area contributed by atoms with Gasteiger partial charge in [0.25, 0.3) is 0 Å². The van der Waals surface area contributed by atoms with Gasteiger partial charge in [0.05, 0.1) is 4.47 Å². The molecule has 0 amide bonds. The fourth-order valence-electron chi connectivity index (χ4n) is 1.32. The van der Waals surface area contributed by atoms with Crippen molar-refractivity contribution in [3.8, 4) is 11.5 Å². The van der Waals surface area contributed by atoms with Gasteiger partial charge in [-0.05, 0) is 104 Å². The maximum absolute atomic E-state index is 5.90. The summed E-state index contributed by atoms with van der Waals surface area (Å²) in [5, 5.41) is 0. The minimum absolute atomic E-state index is 0.724. The standard InChI is InChI=1S/C12H4Br6O/c13-5-1-7(14)12(18)10(2-5)19-6-3-8(15)11(17)9(16)4-6/h1-4H. The SMILES string of the molecule is Brc1cc(Br)c(Br)c(Oc2cc(Br)c(Br)c(Br)c2)c1. The highest BCUT2D eigenvalue weighted by molar-refractivity contribution is 9.14. The van der Waals surface area contributed by atoms with E-state index >= 15 is 0 Å². The Morgan fingerprint density at radius 3 is 1.74 bits per heavy atom. The molecule has 0 unspecified atom stereocenters. The molecule has 0 aliphatic carbocycles. The second kappa shape index (κ2) is 6.92. The summed E-state index contributed by atoms with van der Waals surface area (Å²) >= 11 is 20.8. The zero-order valence-corrected chi connectivity index (χ0v) is 18.5. The Morgan fingerprint density at radius 1 is 0.632 bits per heavy atom. The Labute approximate surface area is 161 Å². The van der Waals surface area contributed by atoms with Crippen LogP contribution >= 0.6 is 95.6 Å². The minimum Gasteiger partial charge on any atom is -0.456 e. The fourth-order valence-corrected chi connectivity index (χ4v) is 4.19. The molecule has 0 N–H and O–H groups in total. The summed E-state index contributed by atoms with van der Waals surface area (Å²) < 4.78 is 11.4. The number of hydrogen-bond acceptors (Lipinski definition) is 1. The molecule has 2 aromatic carbocycles. The van der Waals surface area contributed by atoms with E-state index in [0.717, 1.165) is 38.3 Å². The van der Waals surface area contributed by atoms with Crippen molar-refractivity contribution < 1.29 is 4.74 Å². The van der Waals surface area contributed by atoms with Crippen LogP contribution in [0.1, 0.15) is 0 Å². The molecule has 100 valence electrons. The van der Waals surface area contributed by atoms with Crippen LogP contribution in [0.15, 0.2) is 51.1 Å². The molecule has 0 heterocycles. The summed E-state index contributed by atoms with van der Waals surface area (Å²) in [5.41, 5.74) is 0. The molecule has 0 aliphatic rings. The quantitative estimate of drug-likeness (QED) is 0.238. The Kier molecular flexibility index (Phi) is 6.01. The maximum Gasteiger partial charge on any atom is 0.143 e. The number of ether oxygens (including phenoxy) is 1. The second-order valence-corrected chi connectivity index (χ2v) is 8.57. The van der Waals surface area contributed by atoms with Crippen LogP contribution in [0.3, 0.4) is 0 Å². The Morgan fingerprint density at radius 2 is 1.16 bits per heavy atom. The summed E-state index contributed by atoms with van der Waals surface area (Å²) in [7, 11) is 0. The zero-order chi connectivity index (χ0) is 14.2. The van der Waals surface area contributed by atoms with Gasteiger partial charge < -0.3 is 4.74 Å². The van der Waals surface area contributed by atoms with E-state index in [1.54, 1.807) is 0 Å². The first kappa shape index (κ1) is 16.5. The van der Waals surface area contributed by atoms with Crippen LogP contribution in [-0.2, 0) is 0 Å². The van der Waals surface area contributed by atoms with E-state index in [9.17, 15) is 0 Å².